The summed E-state index contributed by atoms with van der Waals surface area (Å²) in [5.74, 6) is 1.45. The molecule has 0 spiro atoms. The molecule has 3 heterocycles. The van der Waals surface area contributed by atoms with Crippen molar-refractivity contribution in [1.82, 2.24) is 19.6 Å². The Morgan fingerprint density at radius 2 is 2.08 bits per heavy atom. The lowest BCUT2D eigenvalue weighted by Crippen LogP contribution is -2.06. The van der Waals surface area contributed by atoms with E-state index >= 15 is 0 Å². The number of benzene rings is 1. The molecular weight excluding hydrogens is 338 g/mol. The lowest BCUT2D eigenvalue weighted by molar-refractivity contribution is 0.517. The SMILES string of the molecule is C[S+]([O-])c1ccc(-c2cnc(NCc3ccco3)n3cnnc23)cc1. The second-order valence-corrected chi connectivity index (χ2v) is 6.81. The minimum absolute atomic E-state index is 0.517. The fourth-order valence-corrected chi connectivity index (χ4v) is 3.08. The molecule has 4 rings (SSSR count). The summed E-state index contributed by atoms with van der Waals surface area (Å²) in [5, 5.41) is 11.4. The predicted molar refractivity (Wildman–Crippen MR) is 94.6 cm³/mol. The van der Waals surface area contributed by atoms with E-state index in [1.54, 1.807) is 29.4 Å². The molecule has 1 N–H and O–H groups in total. The van der Waals surface area contributed by atoms with Crippen LogP contribution in [0.25, 0.3) is 16.8 Å². The molecule has 0 aliphatic heterocycles. The molecule has 0 aliphatic carbocycles. The number of hydrogen-bond acceptors (Lipinski definition) is 6. The summed E-state index contributed by atoms with van der Waals surface area (Å²) >= 11 is -1.00. The maximum atomic E-state index is 11.5. The Labute approximate surface area is 146 Å². The van der Waals surface area contributed by atoms with Crippen LogP contribution in [0.1, 0.15) is 5.76 Å². The smallest absolute Gasteiger partial charge is 0.210 e. The van der Waals surface area contributed by atoms with Gasteiger partial charge in [-0.25, -0.2) is 4.98 Å². The number of furan rings is 1. The van der Waals surface area contributed by atoms with Gasteiger partial charge < -0.3 is 14.3 Å². The van der Waals surface area contributed by atoms with Gasteiger partial charge in [0, 0.05) is 11.8 Å². The van der Waals surface area contributed by atoms with Crippen LogP contribution in [0, 0.1) is 0 Å². The van der Waals surface area contributed by atoms with Crippen LogP contribution in [-0.4, -0.2) is 30.4 Å². The van der Waals surface area contributed by atoms with Gasteiger partial charge in [0.15, 0.2) is 10.5 Å². The molecule has 0 fully saturated rings. The second-order valence-electron chi connectivity index (χ2n) is 5.43. The zero-order valence-corrected chi connectivity index (χ0v) is 14.2. The van der Waals surface area contributed by atoms with Gasteiger partial charge in [-0.15, -0.1) is 10.2 Å². The van der Waals surface area contributed by atoms with E-state index in [1.807, 2.05) is 36.4 Å². The molecule has 4 aromatic rings. The molecule has 0 aliphatic rings. The van der Waals surface area contributed by atoms with Crippen molar-refractivity contribution in [3.8, 4) is 11.1 Å². The first kappa shape index (κ1) is 15.7. The largest absolute Gasteiger partial charge is 0.612 e. The third-order valence-corrected chi connectivity index (χ3v) is 4.77. The zero-order valence-electron chi connectivity index (χ0n) is 13.4. The summed E-state index contributed by atoms with van der Waals surface area (Å²) < 4.78 is 18.6. The number of aromatic nitrogens is 4. The van der Waals surface area contributed by atoms with E-state index in [0.717, 1.165) is 21.8 Å². The minimum Gasteiger partial charge on any atom is -0.612 e. The Morgan fingerprint density at radius 3 is 2.80 bits per heavy atom. The Morgan fingerprint density at radius 1 is 1.24 bits per heavy atom. The Hall–Kier alpha value is -2.84. The van der Waals surface area contributed by atoms with Crippen molar-refractivity contribution in [3.05, 3.63) is 60.9 Å². The number of nitrogens with one attached hydrogen (secondary N) is 1. The maximum Gasteiger partial charge on any atom is 0.210 e. The summed E-state index contributed by atoms with van der Waals surface area (Å²) in [6, 6.07) is 11.3. The van der Waals surface area contributed by atoms with E-state index in [1.165, 1.54) is 0 Å². The maximum absolute atomic E-state index is 11.5. The highest BCUT2D eigenvalue weighted by Crippen LogP contribution is 2.25. The van der Waals surface area contributed by atoms with Crippen LogP contribution in [-0.2, 0) is 17.7 Å². The van der Waals surface area contributed by atoms with Crippen molar-refractivity contribution in [2.75, 3.05) is 11.6 Å². The Kier molecular flexibility index (Phi) is 4.12. The van der Waals surface area contributed by atoms with Gasteiger partial charge in [-0.3, -0.25) is 4.40 Å². The molecule has 8 heteroatoms. The van der Waals surface area contributed by atoms with Crippen LogP contribution < -0.4 is 5.32 Å². The number of fused-ring (bicyclic) bond motifs is 1. The average molecular weight is 353 g/mol. The molecule has 7 nitrogen and oxygen atoms in total. The van der Waals surface area contributed by atoms with Gasteiger partial charge in [-0.2, -0.15) is 0 Å². The normalized spacial score (nSPS) is 12.4. The molecule has 126 valence electrons. The lowest BCUT2D eigenvalue weighted by atomic mass is 10.1. The van der Waals surface area contributed by atoms with Crippen molar-refractivity contribution < 1.29 is 8.97 Å². The molecule has 3 aromatic heterocycles. The highest BCUT2D eigenvalue weighted by atomic mass is 32.2. The average Bonchev–Trinajstić information content (AvgIpc) is 3.31. The first-order valence-electron chi connectivity index (χ1n) is 7.61. The Balaban J connectivity index is 1.67. The summed E-state index contributed by atoms with van der Waals surface area (Å²) in [5.41, 5.74) is 2.49. The van der Waals surface area contributed by atoms with E-state index in [-0.39, 0.29) is 0 Å². The summed E-state index contributed by atoms with van der Waals surface area (Å²) in [6.07, 6.45) is 6.67. The summed E-state index contributed by atoms with van der Waals surface area (Å²) in [4.78, 5) is 5.27. The number of nitrogens with zero attached hydrogens (tertiary/aromatic N) is 4. The standard InChI is InChI=1S/C17H15N5O2S/c1-25(23)14-6-4-12(5-7-14)15-10-19-17(22-11-20-21-16(15)22)18-9-13-3-2-8-24-13/h2-8,10-11H,9H2,1H3,(H,18,19). The molecule has 0 bridgehead atoms. The predicted octanol–water partition coefficient (Wildman–Crippen LogP) is 2.73. The van der Waals surface area contributed by atoms with Gasteiger partial charge in [0.25, 0.3) is 0 Å². The van der Waals surface area contributed by atoms with Gasteiger partial charge >= 0.3 is 0 Å². The van der Waals surface area contributed by atoms with E-state index in [0.29, 0.717) is 18.1 Å². The third-order valence-electron chi connectivity index (χ3n) is 3.83. The van der Waals surface area contributed by atoms with Crippen LogP contribution in [0.15, 0.2) is 64.5 Å². The van der Waals surface area contributed by atoms with E-state index in [2.05, 4.69) is 20.5 Å². The van der Waals surface area contributed by atoms with Gasteiger partial charge in [0.1, 0.15) is 18.3 Å². The van der Waals surface area contributed by atoms with Gasteiger partial charge in [-0.1, -0.05) is 0 Å². The van der Waals surface area contributed by atoms with E-state index < -0.39 is 11.2 Å². The highest BCUT2D eigenvalue weighted by molar-refractivity contribution is 7.90. The summed E-state index contributed by atoms with van der Waals surface area (Å²) in [7, 11) is 0. The van der Waals surface area contributed by atoms with Gasteiger partial charge in [0.05, 0.1) is 12.8 Å². The topological polar surface area (TPSA) is 91.3 Å². The first-order valence-corrected chi connectivity index (χ1v) is 9.17. The molecule has 25 heavy (non-hydrogen) atoms. The van der Waals surface area contributed by atoms with Crippen molar-refractivity contribution >= 4 is 22.8 Å². The second kappa shape index (κ2) is 6.58. The van der Waals surface area contributed by atoms with Crippen LogP contribution in [0.5, 0.6) is 0 Å². The Bertz CT molecular complexity index is 980. The zero-order chi connectivity index (χ0) is 17.2. The monoisotopic (exact) mass is 353 g/mol. The van der Waals surface area contributed by atoms with Crippen LogP contribution >= 0.6 is 0 Å². The molecule has 0 saturated heterocycles. The van der Waals surface area contributed by atoms with Gasteiger partial charge in [-0.05, 0) is 53.1 Å². The number of anilines is 1. The van der Waals surface area contributed by atoms with Crippen molar-refractivity contribution in [3.63, 3.8) is 0 Å². The third kappa shape index (κ3) is 3.09. The van der Waals surface area contributed by atoms with Crippen molar-refractivity contribution in [2.24, 2.45) is 0 Å². The highest BCUT2D eigenvalue weighted by Gasteiger charge is 2.12. The number of hydrogen-bond donors (Lipinski definition) is 1. The van der Waals surface area contributed by atoms with Crippen LogP contribution in [0.4, 0.5) is 5.95 Å². The fourth-order valence-electron chi connectivity index (χ4n) is 2.56. The van der Waals surface area contributed by atoms with E-state index in [4.69, 9.17) is 4.42 Å². The van der Waals surface area contributed by atoms with Crippen molar-refractivity contribution in [1.29, 1.82) is 0 Å². The quantitative estimate of drug-likeness (QED) is 0.555. The van der Waals surface area contributed by atoms with Crippen LogP contribution in [0.3, 0.4) is 0 Å². The van der Waals surface area contributed by atoms with Crippen LogP contribution in [0.2, 0.25) is 0 Å². The minimum atomic E-state index is -1.00. The van der Waals surface area contributed by atoms with Gasteiger partial charge in [0.2, 0.25) is 5.95 Å². The summed E-state index contributed by atoms with van der Waals surface area (Å²) in [6.45, 7) is 0.517. The molecule has 1 aromatic carbocycles. The first-order chi connectivity index (χ1) is 12.2. The molecule has 1 unspecified atom stereocenters. The molecule has 0 saturated carbocycles. The molecular formula is C17H15N5O2S. The fraction of sp³-hybridized carbons (Fsp3) is 0.118. The molecule has 0 amide bonds. The molecule has 1 atom stereocenters. The van der Waals surface area contributed by atoms with Crippen molar-refractivity contribution in [2.45, 2.75) is 11.4 Å². The lowest BCUT2D eigenvalue weighted by Gasteiger charge is -2.09. The van der Waals surface area contributed by atoms with E-state index in [9.17, 15) is 4.55 Å². The number of rotatable bonds is 5. The molecule has 0 radical (unpaired) electrons.